The minimum atomic E-state index is 0.688. The number of nitrogens with zero attached hydrogens (tertiary/aromatic N) is 4. The molecule has 3 aromatic heterocycles. The summed E-state index contributed by atoms with van der Waals surface area (Å²) in [6, 6.07) is 64.7. The van der Waals surface area contributed by atoms with Crippen molar-refractivity contribution in [2.24, 2.45) is 0 Å². The van der Waals surface area contributed by atoms with Gasteiger partial charge in [-0.1, -0.05) is 133 Å². The fraction of sp³-hybridized carbons (Fsp3) is 0. The molecule has 0 spiro atoms. The van der Waals surface area contributed by atoms with Crippen molar-refractivity contribution >= 4 is 59.5 Å². The number of fused-ring (bicyclic) bond motifs is 11. The van der Waals surface area contributed by atoms with Gasteiger partial charge in [0.15, 0.2) is 5.82 Å². The molecule has 1 aliphatic heterocycles. The van der Waals surface area contributed by atoms with Gasteiger partial charge in [0.25, 0.3) is 0 Å². The van der Waals surface area contributed by atoms with Crippen molar-refractivity contribution in [3.8, 4) is 50.8 Å². The molecule has 11 rings (SSSR count). The number of hydrogen-bond donors (Lipinski definition) is 0. The number of para-hydroxylation sites is 3. The van der Waals surface area contributed by atoms with Crippen LogP contribution >= 0.6 is 11.3 Å². The van der Waals surface area contributed by atoms with E-state index in [2.05, 4.69) is 179 Å². The molecule has 7 aromatic carbocycles. The van der Waals surface area contributed by atoms with Crippen LogP contribution in [0.25, 0.3) is 81.9 Å². The fourth-order valence-corrected chi connectivity index (χ4v) is 9.22. The van der Waals surface area contributed by atoms with Crippen molar-refractivity contribution in [3.63, 3.8) is 0 Å². The van der Waals surface area contributed by atoms with Gasteiger partial charge in [0.05, 0.1) is 28.3 Å². The Balaban J connectivity index is 1.35. The van der Waals surface area contributed by atoms with Crippen molar-refractivity contribution in [1.29, 1.82) is 0 Å². The first-order valence-corrected chi connectivity index (χ1v) is 18.7. The molecule has 4 heterocycles. The van der Waals surface area contributed by atoms with Crippen LogP contribution in [0.4, 0.5) is 17.1 Å². The summed E-state index contributed by atoms with van der Waals surface area (Å²) in [5, 5.41) is 3.78. The van der Waals surface area contributed by atoms with E-state index in [9.17, 15) is 0 Å². The van der Waals surface area contributed by atoms with Crippen LogP contribution < -0.4 is 4.90 Å². The Bertz CT molecular complexity index is 2940. The molecule has 0 unspecified atom stereocenters. The van der Waals surface area contributed by atoms with Crippen molar-refractivity contribution in [3.05, 3.63) is 182 Å². The predicted octanol–water partition coefficient (Wildman–Crippen LogP) is 13.2. The highest BCUT2D eigenvalue weighted by Gasteiger charge is 2.33. The van der Waals surface area contributed by atoms with Gasteiger partial charge >= 0.3 is 0 Å². The molecule has 248 valence electrons. The first-order valence-electron chi connectivity index (χ1n) is 17.8. The maximum absolute atomic E-state index is 5.44. The maximum atomic E-state index is 5.44. The molecule has 0 N–H and O–H groups in total. The van der Waals surface area contributed by atoms with Gasteiger partial charge in [-0.2, -0.15) is 0 Å². The van der Waals surface area contributed by atoms with Crippen molar-refractivity contribution < 1.29 is 0 Å². The minimum absolute atomic E-state index is 0.688. The third-order valence-corrected chi connectivity index (χ3v) is 11.5. The van der Waals surface area contributed by atoms with E-state index in [0.29, 0.717) is 5.82 Å². The Labute approximate surface area is 310 Å². The van der Waals surface area contributed by atoms with Gasteiger partial charge in [0.2, 0.25) is 0 Å². The third-order valence-electron chi connectivity index (χ3n) is 10.3. The lowest BCUT2D eigenvalue weighted by Gasteiger charge is -2.27. The largest absolute Gasteiger partial charge is 0.309 e. The zero-order chi connectivity index (χ0) is 34.9. The van der Waals surface area contributed by atoms with E-state index >= 15 is 0 Å². The second-order valence-electron chi connectivity index (χ2n) is 13.4. The fourth-order valence-electron chi connectivity index (χ4n) is 8.11. The molecule has 0 amide bonds. The minimum Gasteiger partial charge on any atom is -0.309 e. The van der Waals surface area contributed by atoms with Gasteiger partial charge in [0.1, 0.15) is 5.82 Å². The topological polar surface area (TPSA) is 34.0 Å². The summed E-state index contributed by atoms with van der Waals surface area (Å²) < 4.78 is 4.96. The highest BCUT2D eigenvalue weighted by molar-refractivity contribution is 7.26. The molecule has 0 aliphatic carbocycles. The van der Waals surface area contributed by atoms with E-state index in [1.54, 1.807) is 0 Å². The Morgan fingerprint density at radius 3 is 1.87 bits per heavy atom. The Morgan fingerprint density at radius 2 is 1.09 bits per heavy atom. The molecule has 53 heavy (non-hydrogen) atoms. The molecule has 0 saturated heterocycles. The summed E-state index contributed by atoms with van der Waals surface area (Å²) in [4.78, 5) is 13.0. The molecule has 1 aliphatic rings. The molecule has 0 saturated carbocycles. The van der Waals surface area contributed by atoms with Crippen LogP contribution in [-0.4, -0.2) is 14.5 Å². The summed E-state index contributed by atoms with van der Waals surface area (Å²) in [6.07, 6.45) is 0. The molecular weight excluding hydrogens is 665 g/mol. The van der Waals surface area contributed by atoms with Gasteiger partial charge in [-0.15, -0.1) is 11.3 Å². The lowest BCUT2D eigenvalue weighted by atomic mass is 9.96. The van der Waals surface area contributed by atoms with E-state index in [-0.39, 0.29) is 0 Å². The summed E-state index contributed by atoms with van der Waals surface area (Å²) in [7, 11) is 0. The van der Waals surface area contributed by atoms with Crippen molar-refractivity contribution in [2.45, 2.75) is 0 Å². The zero-order valence-corrected chi connectivity index (χ0v) is 29.3. The van der Waals surface area contributed by atoms with Crippen LogP contribution in [0.2, 0.25) is 0 Å². The number of thiophene rings is 1. The quantitative estimate of drug-likeness (QED) is 0.184. The molecule has 0 fully saturated rings. The summed E-state index contributed by atoms with van der Waals surface area (Å²) in [5.74, 6) is 1.51. The van der Waals surface area contributed by atoms with Crippen LogP contribution in [0.5, 0.6) is 0 Å². The lowest BCUT2D eigenvalue weighted by molar-refractivity contribution is 1.03. The van der Waals surface area contributed by atoms with Gasteiger partial charge in [-0.05, 0) is 42.5 Å². The monoisotopic (exact) mass is 694 g/mol. The molecule has 0 radical (unpaired) electrons. The summed E-state index contributed by atoms with van der Waals surface area (Å²) >= 11 is 1.86. The van der Waals surface area contributed by atoms with E-state index in [0.717, 1.165) is 56.5 Å². The van der Waals surface area contributed by atoms with Gasteiger partial charge in [-0.3, -0.25) is 4.57 Å². The highest BCUT2D eigenvalue weighted by atomic mass is 32.1. The van der Waals surface area contributed by atoms with Crippen LogP contribution in [0.15, 0.2) is 182 Å². The Kier molecular flexibility index (Phi) is 6.69. The van der Waals surface area contributed by atoms with Crippen LogP contribution in [0.3, 0.4) is 0 Å². The molecule has 10 aromatic rings. The molecule has 4 nitrogen and oxygen atoms in total. The predicted molar refractivity (Wildman–Crippen MR) is 222 cm³/mol. The van der Waals surface area contributed by atoms with Gasteiger partial charge in [0, 0.05) is 65.1 Å². The van der Waals surface area contributed by atoms with E-state index in [1.165, 1.54) is 36.7 Å². The SMILES string of the molecule is c1ccc(-c2cc(-n3c4c(c5c6c(ccc53)sc3ccccc36)-c3ccccc3N(c3ccccc3)c3ccccc3-4)nc(-c3ccccc3)n2)cc1. The normalized spacial score (nSPS) is 12.1. The van der Waals surface area contributed by atoms with Crippen molar-refractivity contribution in [1.82, 2.24) is 14.5 Å². The number of anilines is 3. The first-order chi connectivity index (χ1) is 26.3. The van der Waals surface area contributed by atoms with E-state index in [1.807, 2.05) is 23.5 Å². The Hall–Kier alpha value is -6.82. The van der Waals surface area contributed by atoms with Crippen molar-refractivity contribution in [2.75, 3.05) is 4.90 Å². The molecular formula is C48H30N4S. The average Bonchev–Trinajstić information content (AvgIpc) is 3.75. The number of benzene rings is 7. The first kappa shape index (κ1) is 29.9. The standard InChI is InChI=1S/C48H30N4S/c1-4-16-31(17-5-1)37-30-43(50-48(49-37)32-18-6-2-7-19-32)52-40-28-29-42-44(36-24-12-15-27-41(36)53-42)46(40)45-34-22-10-13-25-38(34)51(33-20-8-3-9-21-33)39-26-14-11-23-35(39)47(45)52/h1-30H. The van der Waals surface area contributed by atoms with Gasteiger partial charge in [-0.25, -0.2) is 9.97 Å². The average molecular weight is 695 g/mol. The number of hydrogen-bond acceptors (Lipinski definition) is 4. The van der Waals surface area contributed by atoms with Crippen LogP contribution in [-0.2, 0) is 0 Å². The van der Waals surface area contributed by atoms with E-state index in [4.69, 9.17) is 9.97 Å². The van der Waals surface area contributed by atoms with E-state index < -0.39 is 0 Å². The maximum Gasteiger partial charge on any atom is 0.162 e. The smallest absolute Gasteiger partial charge is 0.162 e. The third kappa shape index (κ3) is 4.61. The number of rotatable bonds is 4. The highest BCUT2D eigenvalue weighted by Crippen LogP contribution is 2.56. The summed E-state index contributed by atoms with van der Waals surface area (Å²) in [6.45, 7) is 0. The number of aromatic nitrogens is 3. The van der Waals surface area contributed by atoms with Gasteiger partial charge < -0.3 is 4.90 Å². The molecule has 0 bridgehead atoms. The summed E-state index contributed by atoms with van der Waals surface area (Å²) in [5.41, 5.74) is 12.0. The second-order valence-corrected chi connectivity index (χ2v) is 14.4. The van der Waals surface area contributed by atoms with Crippen LogP contribution in [0, 0.1) is 0 Å². The molecule has 5 heteroatoms. The zero-order valence-electron chi connectivity index (χ0n) is 28.5. The Morgan fingerprint density at radius 1 is 0.472 bits per heavy atom. The molecule has 0 atom stereocenters. The lowest BCUT2D eigenvalue weighted by Crippen LogP contribution is -2.11. The van der Waals surface area contributed by atoms with Crippen LogP contribution in [0.1, 0.15) is 0 Å². The second kappa shape index (κ2) is 11.9.